The summed E-state index contributed by atoms with van der Waals surface area (Å²) in [5, 5.41) is 22.7. The van der Waals surface area contributed by atoms with Gasteiger partial charge in [-0.25, -0.2) is 4.79 Å². The van der Waals surface area contributed by atoms with E-state index in [1.165, 1.54) is 4.90 Å². The molecule has 0 radical (unpaired) electrons. The van der Waals surface area contributed by atoms with Crippen LogP contribution in [0.4, 0.5) is 0 Å². The summed E-state index contributed by atoms with van der Waals surface area (Å²) >= 11 is 0. The molecule has 1 aliphatic heterocycles. The summed E-state index contributed by atoms with van der Waals surface area (Å²) in [7, 11) is 0. The van der Waals surface area contributed by atoms with Crippen molar-refractivity contribution in [2.75, 3.05) is 19.7 Å². The Hall–Kier alpha value is -2.20. The highest BCUT2D eigenvalue weighted by molar-refractivity contribution is 5.93. The number of carboxylic acids is 1. The molecule has 3 atom stereocenters. The minimum absolute atomic E-state index is 0.300. The first kappa shape index (κ1) is 20.8. The van der Waals surface area contributed by atoms with Crippen LogP contribution in [-0.4, -0.2) is 76.6 Å². The zero-order valence-electron chi connectivity index (χ0n) is 14.4. The molecule has 0 aliphatic carbocycles. The largest absolute Gasteiger partial charge is 0.480 e. The van der Waals surface area contributed by atoms with Gasteiger partial charge in [0.15, 0.2) is 0 Å². The molecule has 0 saturated carbocycles. The third-order valence-electron chi connectivity index (χ3n) is 4.05. The Morgan fingerprint density at radius 2 is 1.92 bits per heavy atom. The second-order valence-electron chi connectivity index (χ2n) is 6.32. The van der Waals surface area contributed by atoms with Gasteiger partial charge in [-0.3, -0.25) is 14.4 Å². The molecule has 10 nitrogen and oxygen atoms in total. The number of rotatable bonds is 8. The van der Waals surface area contributed by atoms with Crippen LogP contribution in [0.1, 0.15) is 26.7 Å². The van der Waals surface area contributed by atoms with E-state index in [-0.39, 0.29) is 12.5 Å². The lowest BCUT2D eigenvalue weighted by Crippen LogP contribution is -2.54. The van der Waals surface area contributed by atoms with Crippen molar-refractivity contribution in [2.24, 2.45) is 11.7 Å². The fourth-order valence-electron chi connectivity index (χ4n) is 2.58. The molecule has 1 rings (SSSR count). The third kappa shape index (κ3) is 5.68. The number of amides is 3. The number of aliphatic carboxylic acids is 1. The molecular formula is C15H26N4O6. The summed E-state index contributed by atoms with van der Waals surface area (Å²) in [6.07, 6.45) is 1.03. The predicted octanol–water partition coefficient (Wildman–Crippen LogP) is -2.36. The second kappa shape index (κ2) is 9.33. The number of carbonyl (C=O) groups excluding carboxylic acids is 3. The first-order chi connectivity index (χ1) is 11.7. The smallest absolute Gasteiger partial charge is 0.326 e. The maximum absolute atomic E-state index is 12.4. The highest BCUT2D eigenvalue weighted by atomic mass is 16.4. The number of carbonyl (C=O) groups is 4. The molecular weight excluding hydrogens is 332 g/mol. The fourth-order valence-corrected chi connectivity index (χ4v) is 2.58. The Labute approximate surface area is 145 Å². The topological polar surface area (TPSA) is 162 Å². The molecule has 1 heterocycles. The van der Waals surface area contributed by atoms with Crippen molar-refractivity contribution >= 4 is 23.7 Å². The van der Waals surface area contributed by atoms with Crippen LogP contribution in [0.5, 0.6) is 0 Å². The van der Waals surface area contributed by atoms with Gasteiger partial charge in [0.1, 0.15) is 18.1 Å². The van der Waals surface area contributed by atoms with Gasteiger partial charge in [0.2, 0.25) is 17.7 Å². The van der Waals surface area contributed by atoms with Gasteiger partial charge >= 0.3 is 5.97 Å². The summed E-state index contributed by atoms with van der Waals surface area (Å²) in [6.45, 7) is 2.81. The number of carboxylic acid groups (broad SMARTS) is 1. The first-order valence-electron chi connectivity index (χ1n) is 8.15. The van der Waals surface area contributed by atoms with E-state index in [1.54, 1.807) is 13.8 Å². The van der Waals surface area contributed by atoms with Crippen molar-refractivity contribution in [3.05, 3.63) is 0 Å². The number of hydrogen-bond acceptors (Lipinski definition) is 6. The summed E-state index contributed by atoms with van der Waals surface area (Å²) < 4.78 is 0. The maximum Gasteiger partial charge on any atom is 0.326 e. The molecule has 10 heteroatoms. The lowest BCUT2D eigenvalue weighted by atomic mass is 10.0. The monoisotopic (exact) mass is 358 g/mol. The lowest BCUT2D eigenvalue weighted by molar-refractivity contribution is -0.145. The second-order valence-corrected chi connectivity index (χ2v) is 6.32. The Balaban J connectivity index is 2.65. The van der Waals surface area contributed by atoms with Crippen molar-refractivity contribution in [1.82, 2.24) is 15.5 Å². The molecule has 0 aromatic rings. The Morgan fingerprint density at radius 3 is 2.44 bits per heavy atom. The molecule has 1 fully saturated rings. The highest BCUT2D eigenvalue weighted by Gasteiger charge is 2.36. The zero-order valence-corrected chi connectivity index (χ0v) is 14.4. The van der Waals surface area contributed by atoms with Gasteiger partial charge < -0.3 is 31.5 Å². The Kier molecular flexibility index (Phi) is 7.78. The molecule has 1 aliphatic rings. The van der Waals surface area contributed by atoms with E-state index in [0.29, 0.717) is 19.4 Å². The van der Waals surface area contributed by atoms with Gasteiger partial charge in [0.25, 0.3) is 0 Å². The number of hydrogen-bond donors (Lipinski definition) is 5. The summed E-state index contributed by atoms with van der Waals surface area (Å²) in [4.78, 5) is 48.6. The summed E-state index contributed by atoms with van der Waals surface area (Å²) in [5.74, 6) is -3.09. The van der Waals surface area contributed by atoms with Crippen LogP contribution in [0.3, 0.4) is 0 Å². The lowest BCUT2D eigenvalue weighted by Gasteiger charge is -2.26. The van der Waals surface area contributed by atoms with Crippen molar-refractivity contribution < 1.29 is 29.4 Å². The van der Waals surface area contributed by atoms with Crippen molar-refractivity contribution in [3.63, 3.8) is 0 Å². The number of nitrogens with one attached hydrogen (secondary N) is 2. The van der Waals surface area contributed by atoms with Gasteiger partial charge in [-0.1, -0.05) is 13.8 Å². The van der Waals surface area contributed by atoms with Gasteiger partial charge in [0.05, 0.1) is 13.2 Å². The van der Waals surface area contributed by atoms with Crippen molar-refractivity contribution in [1.29, 1.82) is 0 Å². The molecule has 1 saturated heterocycles. The number of aliphatic hydroxyl groups is 1. The Morgan fingerprint density at radius 1 is 1.28 bits per heavy atom. The standard InChI is InChI=1S/C15H26N4O6/c1-8(2)12(15(24)25)18-14(23)10-4-3-5-19(10)11(21)6-17-13(22)9(16)7-20/h8-10,12,20H,3-7,16H2,1-2H3,(H,17,22)(H,18,23)(H,24,25). The normalized spacial score (nSPS) is 19.4. The number of nitrogens with zero attached hydrogens (tertiary/aromatic N) is 1. The average Bonchev–Trinajstić information content (AvgIpc) is 3.05. The van der Waals surface area contributed by atoms with Crippen molar-refractivity contribution in [3.8, 4) is 0 Å². The van der Waals surface area contributed by atoms with Crippen LogP contribution >= 0.6 is 0 Å². The van der Waals surface area contributed by atoms with E-state index in [4.69, 9.17) is 15.9 Å². The average molecular weight is 358 g/mol. The molecule has 3 unspecified atom stereocenters. The van der Waals surface area contributed by atoms with E-state index in [0.717, 1.165) is 0 Å². The first-order valence-corrected chi connectivity index (χ1v) is 8.15. The van der Waals surface area contributed by atoms with Crippen LogP contribution in [0.15, 0.2) is 0 Å². The van der Waals surface area contributed by atoms with E-state index >= 15 is 0 Å². The minimum atomic E-state index is -1.13. The fraction of sp³-hybridized carbons (Fsp3) is 0.733. The highest BCUT2D eigenvalue weighted by Crippen LogP contribution is 2.18. The van der Waals surface area contributed by atoms with Crippen molar-refractivity contribution in [2.45, 2.75) is 44.8 Å². The van der Waals surface area contributed by atoms with Gasteiger partial charge in [-0.15, -0.1) is 0 Å². The number of likely N-dealkylation sites (tertiary alicyclic amines) is 1. The van der Waals surface area contributed by atoms with Crippen LogP contribution in [-0.2, 0) is 19.2 Å². The molecule has 3 amide bonds. The molecule has 0 aromatic heterocycles. The van der Waals surface area contributed by atoms with Gasteiger partial charge in [-0.2, -0.15) is 0 Å². The van der Waals surface area contributed by atoms with E-state index in [9.17, 15) is 19.2 Å². The molecule has 142 valence electrons. The van der Waals surface area contributed by atoms with Crippen LogP contribution in [0, 0.1) is 5.92 Å². The molecule has 25 heavy (non-hydrogen) atoms. The molecule has 0 aromatic carbocycles. The quantitative estimate of drug-likeness (QED) is 0.324. The SMILES string of the molecule is CC(C)C(NC(=O)C1CCCN1C(=O)CNC(=O)C(N)CO)C(=O)O. The predicted molar refractivity (Wildman–Crippen MR) is 87.2 cm³/mol. The third-order valence-corrected chi connectivity index (χ3v) is 4.05. The maximum atomic E-state index is 12.4. The minimum Gasteiger partial charge on any atom is -0.480 e. The van der Waals surface area contributed by atoms with Crippen LogP contribution < -0.4 is 16.4 Å². The summed E-state index contributed by atoms with van der Waals surface area (Å²) in [5.41, 5.74) is 5.34. The molecule has 6 N–H and O–H groups in total. The summed E-state index contributed by atoms with van der Waals surface area (Å²) in [6, 6.07) is -2.92. The zero-order chi connectivity index (χ0) is 19.1. The van der Waals surface area contributed by atoms with E-state index < -0.39 is 48.4 Å². The molecule has 0 bridgehead atoms. The van der Waals surface area contributed by atoms with Gasteiger partial charge in [0, 0.05) is 6.54 Å². The van der Waals surface area contributed by atoms with E-state index in [1.807, 2.05) is 0 Å². The van der Waals surface area contributed by atoms with Crippen LogP contribution in [0.25, 0.3) is 0 Å². The van der Waals surface area contributed by atoms with Crippen LogP contribution in [0.2, 0.25) is 0 Å². The van der Waals surface area contributed by atoms with Gasteiger partial charge in [-0.05, 0) is 18.8 Å². The van der Waals surface area contributed by atoms with E-state index in [2.05, 4.69) is 10.6 Å². The number of aliphatic hydroxyl groups excluding tert-OH is 1. The number of nitrogens with two attached hydrogens (primary N) is 1. The Bertz CT molecular complexity index is 524. The molecule has 0 spiro atoms.